The van der Waals surface area contributed by atoms with Gasteiger partial charge in [-0.25, -0.2) is 0 Å². The van der Waals surface area contributed by atoms with Crippen LogP contribution in [0, 0.1) is 6.92 Å². The van der Waals surface area contributed by atoms with Crippen molar-refractivity contribution in [2.75, 3.05) is 16.8 Å². The largest absolute Gasteiger partial charge is 0.381 e. The molecule has 1 N–H and O–H groups in total. The van der Waals surface area contributed by atoms with E-state index in [-0.39, 0.29) is 0 Å². The average molecular weight is 244 g/mol. The fourth-order valence-electron chi connectivity index (χ4n) is 2.27. The molecule has 0 spiro atoms. The average Bonchev–Trinajstić information content (AvgIpc) is 2.79. The predicted molar refractivity (Wildman–Crippen MR) is 69.6 cm³/mol. The molecule has 0 saturated heterocycles. The van der Waals surface area contributed by atoms with Gasteiger partial charge in [0.2, 0.25) is 5.89 Å². The standard InChI is InChI=1S/C13H16N4O/c1-9-7-14-11-5-3-4-6-12(11)17(9)8-13-15-10(2)16-18-13/h3-6,9,14H,7-8H2,1-2H3. The minimum absolute atomic E-state index is 0.395. The van der Waals surface area contributed by atoms with Gasteiger partial charge in [-0.15, -0.1) is 0 Å². The van der Waals surface area contributed by atoms with Gasteiger partial charge in [-0.2, -0.15) is 4.98 Å². The minimum atomic E-state index is 0.395. The monoisotopic (exact) mass is 244 g/mol. The Morgan fingerprint density at radius 2 is 2.28 bits per heavy atom. The Hall–Kier alpha value is -2.04. The van der Waals surface area contributed by atoms with Crippen molar-refractivity contribution in [3.63, 3.8) is 0 Å². The fourth-order valence-corrected chi connectivity index (χ4v) is 2.27. The summed E-state index contributed by atoms with van der Waals surface area (Å²) in [6.07, 6.45) is 0. The van der Waals surface area contributed by atoms with Crippen molar-refractivity contribution in [1.29, 1.82) is 0 Å². The summed E-state index contributed by atoms with van der Waals surface area (Å²) in [5, 5.41) is 7.26. The normalized spacial score (nSPS) is 18.3. The molecule has 94 valence electrons. The van der Waals surface area contributed by atoms with E-state index in [1.165, 1.54) is 5.69 Å². The Morgan fingerprint density at radius 3 is 3.06 bits per heavy atom. The molecule has 1 aromatic carbocycles. The number of benzene rings is 1. The molecule has 2 heterocycles. The second kappa shape index (κ2) is 4.33. The van der Waals surface area contributed by atoms with Crippen LogP contribution in [0.5, 0.6) is 0 Å². The first-order valence-corrected chi connectivity index (χ1v) is 6.13. The van der Waals surface area contributed by atoms with Gasteiger partial charge in [0.25, 0.3) is 0 Å². The van der Waals surface area contributed by atoms with E-state index in [0.29, 0.717) is 24.3 Å². The van der Waals surface area contributed by atoms with Gasteiger partial charge in [-0.1, -0.05) is 17.3 Å². The van der Waals surface area contributed by atoms with Crippen molar-refractivity contribution in [3.8, 4) is 0 Å². The van der Waals surface area contributed by atoms with Gasteiger partial charge in [0.15, 0.2) is 5.82 Å². The molecule has 1 aliphatic heterocycles. The van der Waals surface area contributed by atoms with Gasteiger partial charge >= 0.3 is 0 Å². The summed E-state index contributed by atoms with van der Waals surface area (Å²) in [7, 11) is 0. The van der Waals surface area contributed by atoms with Crippen LogP contribution < -0.4 is 10.2 Å². The van der Waals surface area contributed by atoms with Crippen LogP contribution in [0.1, 0.15) is 18.6 Å². The topological polar surface area (TPSA) is 54.2 Å². The Kier molecular flexibility index (Phi) is 2.66. The third kappa shape index (κ3) is 1.92. The lowest BCUT2D eigenvalue weighted by Crippen LogP contribution is -2.41. The quantitative estimate of drug-likeness (QED) is 0.877. The number of para-hydroxylation sites is 2. The molecule has 1 unspecified atom stereocenters. The molecular weight excluding hydrogens is 228 g/mol. The SMILES string of the molecule is Cc1noc(CN2c3ccccc3NCC2C)n1. The lowest BCUT2D eigenvalue weighted by Gasteiger charge is -2.36. The third-order valence-electron chi connectivity index (χ3n) is 3.21. The van der Waals surface area contributed by atoms with Gasteiger partial charge < -0.3 is 14.7 Å². The first-order chi connectivity index (χ1) is 8.74. The number of hydrogen-bond acceptors (Lipinski definition) is 5. The molecule has 1 atom stereocenters. The molecule has 2 aromatic rings. The predicted octanol–water partition coefficient (Wildman–Crippen LogP) is 2.20. The molecule has 0 fully saturated rings. The van der Waals surface area contributed by atoms with E-state index in [4.69, 9.17) is 4.52 Å². The van der Waals surface area contributed by atoms with E-state index < -0.39 is 0 Å². The summed E-state index contributed by atoms with van der Waals surface area (Å²) in [6, 6.07) is 8.68. The van der Waals surface area contributed by atoms with Crippen LogP contribution in [0.3, 0.4) is 0 Å². The summed E-state index contributed by atoms with van der Waals surface area (Å²) in [4.78, 5) is 6.56. The number of fused-ring (bicyclic) bond motifs is 1. The summed E-state index contributed by atoms with van der Waals surface area (Å²) >= 11 is 0. The summed E-state index contributed by atoms with van der Waals surface area (Å²) in [6.45, 7) is 5.60. The van der Waals surface area contributed by atoms with Crippen LogP contribution in [0.25, 0.3) is 0 Å². The number of rotatable bonds is 2. The zero-order chi connectivity index (χ0) is 12.5. The molecule has 5 heteroatoms. The molecule has 0 saturated carbocycles. The zero-order valence-corrected chi connectivity index (χ0v) is 10.6. The second-order valence-corrected chi connectivity index (χ2v) is 4.61. The molecule has 1 aromatic heterocycles. The number of aryl methyl sites for hydroxylation is 1. The fraction of sp³-hybridized carbons (Fsp3) is 0.385. The lowest BCUT2D eigenvalue weighted by molar-refractivity contribution is 0.369. The highest BCUT2D eigenvalue weighted by Crippen LogP contribution is 2.31. The van der Waals surface area contributed by atoms with Gasteiger partial charge in [0, 0.05) is 12.6 Å². The molecule has 3 rings (SSSR count). The molecular formula is C13H16N4O. The first kappa shape index (κ1) is 11.1. The van der Waals surface area contributed by atoms with Crippen LogP contribution in [0.4, 0.5) is 11.4 Å². The molecule has 5 nitrogen and oxygen atoms in total. The van der Waals surface area contributed by atoms with Crippen LogP contribution in [-0.4, -0.2) is 22.7 Å². The third-order valence-corrected chi connectivity index (χ3v) is 3.21. The van der Waals surface area contributed by atoms with Gasteiger partial charge in [0.1, 0.15) is 0 Å². The maximum Gasteiger partial charge on any atom is 0.246 e. The van der Waals surface area contributed by atoms with Gasteiger partial charge in [0.05, 0.1) is 17.9 Å². The second-order valence-electron chi connectivity index (χ2n) is 4.61. The Morgan fingerprint density at radius 1 is 1.44 bits per heavy atom. The minimum Gasteiger partial charge on any atom is -0.381 e. The molecule has 0 radical (unpaired) electrons. The van der Waals surface area contributed by atoms with Crippen LogP contribution in [0.15, 0.2) is 28.8 Å². The Labute approximate surface area is 106 Å². The van der Waals surface area contributed by atoms with E-state index in [2.05, 4.69) is 39.4 Å². The van der Waals surface area contributed by atoms with Gasteiger partial charge in [-0.3, -0.25) is 0 Å². The van der Waals surface area contributed by atoms with Crippen molar-refractivity contribution in [2.45, 2.75) is 26.4 Å². The lowest BCUT2D eigenvalue weighted by atomic mass is 10.1. The number of nitrogens with zero attached hydrogens (tertiary/aromatic N) is 3. The van der Waals surface area contributed by atoms with E-state index in [1.807, 2.05) is 19.1 Å². The van der Waals surface area contributed by atoms with Crippen molar-refractivity contribution < 1.29 is 4.52 Å². The first-order valence-electron chi connectivity index (χ1n) is 6.13. The highest BCUT2D eigenvalue weighted by molar-refractivity contribution is 5.72. The maximum atomic E-state index is 5.21. The van der Waals surface area contributed by atoms with Crippen molar-refractivity contribution in [2.24, 2.45) is 0 Å². The molecule has 0 amide bonds. The van der Waals surface area contributed by atoms with Gasteiger partial charge in [-0.05, 0) is 26.0 Å². The summed E-state index contributed by atoms with van der Waals surface area (Å²) < 4.78 is 5.21. The number of anilines is 2. The van der Waals surface area contributed by atoms with Crippen molar-refractivity contribution in [3.05, 3.63) is 36.0 Å². The number of hydrogen-bond donors (Lipinski definition) is 1. The molecule has 0 aliphatic carbocycles. The Balaban J connectivity index is 1.91. The number of nitrogens with one attached hydrogen (secondary N) is 1. The van der Waals surface area contributed by atoms with E-state index >= 15 is 0 Å². The maximum absolute atomic E-state index is 5.21. The van der Waals surface area contributed by atoms with Crippen molar-refractivity contribution in [1.82, 2.24) is 10.1 Å². The highest BCUT2D eigenvalue weighted by atomic mass is 16.5. The molecule has 18 heavy (non-hydrogen) atoms. The molecule has 1 aliphatic rings. The van der Waals surface area contributed by atoms with Crippen LogP contribution >= 0.6 is 0 Å². The Bertz CT molecular complexity index is 551. The summed E-state index contributed by atoms with van der Waals surface area (Å²) in [5.74, 6) is 1.34. The number of aromatic nitrogens is 2. The smallest absolute Gasteiger partial charge is 0.246 e. The van der Waals surface area contributed by atoms with E-state index in [0.717, 1.165) is 12.2 Å². The van der Waals surface area contributed by atoms with Crippen LogP contribution in [0.2, 0.25) is 0 Å². The van der Waals surface area contributed by atoms with E-state index in [9.17, 15) is 0 Å². The highest BCUT2D eigenvalue weighted by Gasteiger charge is 2.24. The van der Waals surface area contributed by atoms with Crippen molar-refractivity contribution >= 4 is 11.4 Å². The molecule has 0 bridgehead atoms. The van der Waals surface area contributed by atoms with E-state index in [1.54, 1.807) is 0 Å². The zero-order valence-electron chi connectivity index (χ0n) is 10.6. The van der Waals surface area contributed by atoms with Crippen LogP contribution in [-0.2, 0) is 6.54 Å². The summed E-state index contributed by atoms with van der Waals surface area (Å²) in [5.41, 5.74) is 2.35.